The zero-order chi connectivity index (χ0) is 17.0. The summed E-state index contributed by atoms with van der Waals surface area (Å²) < 4.78 is 15.2. The average Bonchev–Trinajstić information content (AvgIpc) is 2.61. The molecule has 1 unspecified atom stereocenters. The summed E-state index contributed by atoms with van der Waals surface area (Å²) in [4.78, 5) is 11.6. The van der Waals surface area contributed by atoms with Gasteiger partial charge in [0.1, 0.15) is 5.69 Å². The number of aliphatic carboxylic acids is 1. The van der Waals surface area contributed by atoms with Crippen molar-refractivity contribution < 1.29 is 14.3 Å². The van der Waals surface area contributed by atoms with Gasteiger partial charge in [-0.25, -0.2) is 4.39 Å². The van der Waals surface area contributed by atoms with Gasteiger partial charge in [0.05, 0.1) is 5.92 Å². The van der Waals surface area contributed by atoms with E-state index in [1.165, 1.54) is 6.20 Å². The van der Waals surface area contributed by atoms with Gasteiger partial charge in [-0.1, -0.05) is 36.3 Å². The molecule has 1 aromatic heterocycles. The van der Waals surface area contributed by atoms with Gasteiger partial charge >= 0.3 is 5.97 Å². The van der Waals surface area contributed by atoms with E-state index in [1.807, 2.05) is 30.3 Å². The number of benzene rings is 1. The lowest BCUT2D eigenvalue weighted by atomic mass is 9.70. The first-order valence-corrected chi connectivity index (χ1v) is 7.85. The van der Waals surface area contributed by atoms with Crippen LogP contribution in [-0.2, 0) is 4.79 Å². The lowest BCUT2D eigenvalue weighted by molar-refractivity contribution is -0.144. The van der Waals surface area contributed by atoms with Gasteiger partial charge in [-0.3, -0.25) is 4.79 Å². The Labute approximate surface area is 139 Å². The van der Waals surface area contributed by atoms with Crippen LogP contribution >= 0.6 is 0 Å². The fourth-order valence-electron chi connectivity index (χ4n) is 3.18. The first-order chi connectivity index (χ1) is 11.6. The van der Waals surface area contributed by atoms with E-state index in [-0.39, 0.29) is 19.3 Å². The van der Waals surface area contributed by atoms with Gasteiger partial charge in [-0.2, -0.15) is 5.10 Å². The first kappa shape index (κ1) is 16.1. The third kappa shape index (κ3) is 3.60. The molecule has 0 spiro atoms. The Morgan fingerprint density at radius 1 is 1.25 bits per heavy atom. The number of nitrogens with zero attached hydrogens (tertiary/aromatic N) is 2. The smallest absolute Gasteiger partial charge is 0.307 e. The number of hydrogen-bond acceptors (Lipinski definition) is 3. The van der Waals surface area contributed by atoms with E-state index in [1.54, 1.807) is 12.1 Å². The van der Waals surface area contributed by atoms with Crippen molar-refractivity contribution in [1.29, 1.82) is 0 Å². The molecule has 24 heavy (non-hydrogen) atoms. The number of hydrogen-bond donors (Lipinski definition) is 1. The number of carboxylic acids is 1. The van der Waals surface area contributed by atoms with Crippen molar-refractivity contribution in [3.8, 4) is 11.8 Å². The summed E-state index contributed by atoms with van der Waals surface area (Å²) >= 11 is 0. The van der Waals surface area contributed by atoms with E-state index in [4.69, 9.17) is 0 Å². The minimum atomic E-state index is -1.72. The maximum atomic E-state index is 15.2. The maximum Gasteiger partial charge on any atom is 0.307 e. The Morgan fingerprint density at radius 3 is 2.71 bits per heavy atom. The lowest BCUT2D eigenvalue weighted by Crippen LogP contribution is -2.37. The van der Waals surface area contributed by atoms with Gasteiger partial charge in [-0.05, 0) is 36.5 Å². The van der Waals surface area contributed by atoms with E-state index in [0.717, 1.165) is 5.56 Å². The Bertz CT molecular complexity index is 770. The van der Waals surface area contributed by atoms with E-state index >= 15 is 4.39 Å². The summed E-state index contributed by atoms with van der Waals surface area (Å²) in [6.45, 7) is 0. The predicted molar refractivity (Wildman–Crippen MR) is 86.9 cm³/mol. The molecule has 1 aliphatic rings. The fourth-order valence-corrected chi connectivity index (χ4v) is 3.18. The van der Waals surface area contributed by atoms with Gasteiger partial charge in [0.15, 0.2) is 5.67 Å². The van der Waals surface area contributed by atoms with Crippen molar-refractivity contribution in [2.24, 2.45) is 5.92 Å². The van der Waals surface area contributed by atoms with Crippen LogP contribution in [0, 0.1) is 17.8 Å². The molecular formula is C19H17FN2O2. The van der Waals surface area contributed by atoms with Crippen molar-refractivity contribution in [2.75, 3.05) is 0 Å². The summed E-state index contributed by atoms with van der Waals surface area (Å²) in [6.07, 6.45) is 1.97. The molecule has 1 aliphatic carbocycles. The molecule has 0 aliphatic heterocycles. The number of alkyl halides is 1. The molecule has 1 fully saturated rings. The van der Waals surface area contributed by atoms with Crippen molar-refractivity contribution in [3.63, 3.8) is 0 Å². The Morgan fingerprint density at radius 2 is 2.04 bits per heavy atom. The number of halogens is 1. The molecule has 1 aromatic carbocycles. The SMILES string of the molecule is O=C(O)[C@@H]1CCC(F)(C#Cc2cccnn2)C[C@H]1c1ccccc1. The summed E-state index contributed by atoms with van der Waals surface area (Å²) in [5.74, 6) is 3.53. The first-order valence-electron chi connectivity index (χ1n) is 7.85. The average molecular weight is 324 g/mol. The topological polar surface area (TPSA) is 63.1 Å². The van der Waals surface area contributed by atoms with E-state index in [9.17, 15) is 9.90 Å². The van der Waals surface area contributed by atoms with E-state index in [0.29, 0.717) is 5.69 Å². The van der Waals surface area contributed by atoms with Crippen molar-refractivity contribution in [3.05, 3.63) is 59.9 Å². The molecular weight excluding hydrogens is 307 g/mol. The van der Waals surface area contributed by atoms with Crippen LogP contribution in [0.5, 0.6) is 0 Å². The molecule has 0 saturated heterocycles. The van der Waals surface area contributed by atoms with Gasteiger partial charge in [-0.15, -0.1) is 5.10 Å². The molecule has 1 N–H and O–H groups in total. The van der Waals surface area contributed by atoms with Crippen LogP contribution in [0.15, 0.2) is 48.7 Å². The zero-order valence-corrected chi connectivity index (χ0v) is 13.0. The van der Waals surface area contributed by atoms with Gasteiger partial charge in [0, 0.05) is 18.5 Å². The number of rotatable bonds is 2. The Kier molecular flexibility index (Phi) is 4.57. The molecule has 5 heteroatoms. The third-order valence-corrected chi connectivity index (χ3v) is 4.41. The second-order valence-electron chi connectivity index (χ2n) is 6.03. The standard InChI is InChI=1S/C19H17FN2O2/c20-19(10-8-15-7-4-12-21-22-15)11-9-16(18(23)24)17(13-19)14-5-2-1-3-6-14/h1-7,12,16-17H,9,11,13H2,(H,23,24)/t16-,17+,19?/m1/s1. The summed E-state index contributed by atoms with van der Waals surface area (Å²) in [6, 6.07) is 12.6. The highest BCUT2D eigenvalue weighted by molar-refractivity contribution is 5.71. The molecule has 3 atom stereocenters. The number of carbonyl (C=O) groups is 1. The third-order valence-electron chi connectivity index (χ3n) is 4.41. The highest BCUT2D eigenvalue weighted by atomic mass is 19.1. The monoisotopic (exact) mass is 324 g/mol. The Hall–Kier alpha value is -2.74. The normalized spacial score (nSPS) is 26.2. The summed E-state index contributed by atoms with van der Waals surface area (Å²) in [5.41, 5.74) is -0.469. The second-order valence-corrected chi connectivity index (χ2v) is 6.03. The molecule has 1 heterocycles. The van der Waals surface area contributed by atoms with Crippen molar-refractivity contribution in [1.82, 2.24) is 10.2 Å². The van der Waals surface area contributed by atoms with Crippen LogP contribution in [0.1, 0.15) is 36.4 Å². The number of aromatic nitrogens is 2. The van der Waals surface area contributed by atoms with Crippen LogP contribution in [0.2, 0.25) is 0 Å². The quantitative estimate of drug-likeness (QED) is 0.862. The van der Waals surface area contributed by atoms with Crippen molar-refractivity contribution in [2.45, 2.75) is 30.8 Å². The highest BCUT2D eigenvalue weighted by Gasteiger charge is 2.43. The lowest BCUT2D eigenvalue weighted by Gasteiger charge is -2.35. The van der Waals surface area contributed by atoms with Crippen LogP contribution in [0.25, 0.3) is 0 Å². The molecule has 0 amide bonds. The van der Waals surface area contributed by atoms with E-state index < -0.39 is 23.5 Å². The van der Waals surface area contributed by atoms with Gasteiger partial charge in [0.25, 0.3) is 0 Å². The van der Waals surface area contributed by atoms with E-state index in [2.05, 4.69) is 22.0 Å². The predicted octanol–water partition coefficient (Wildman–Crippen LogP) is 3.20. The fraction of sp³-hybridized carbons (Fsp3) is 0.316. The zero-order valence-electron chi connectivity index (χ0n) is 13.0. The number of carboxylic acid groups (broad SMARTS) is 1. The van der Waals surface area contributed by atoms with Crippen LogP contribution in [-0.4, -0.2) is 26.9 Å². The van der Waals surface area contributed by atoms with Crippen molar-refractivity contribution >= 4 is 5.97 Å². The molecule has 122 valence electrons. The minimum absolute atomic E-state index is 0.0707. The molecule has 4 nitrogen and oxygen atoms in total. The maximum absolute atomic E-state index is 15.2. The van der Waals surface area contributed by atoms with Gasteiger partial charge < -0.3 is 5.11 Å². The van der Waals surface area contributed by atoms with Gasteiger partial charge in [0.2, 0.25) is 0 Å². The largest absolute Gasteiger partial charge is 0.481 e. The minimum Gasteiger partial charge on any atom is -0.481 e. The summed E-state index contributed by atoms with van der Waals surface area (Å²) in [7, 11) is 0. The molecule has 2 aromatic rings. The molecule has 0 bridgehead atoms. The summed E-state index contributed by atoms with van der Waals surface area (Å²) in [5, 5.41) is 17.0. The second kappa shape index (κ2) is 6.79. The molecule has 1 saturated carbocycles. The van der Waals surface area contributed by atoms with Crippen LogP contribution < -0.4 is 0 Å². The molecule has 3 rings (SSSR count). The molecule has 0 radical (unpaired) electrons. The Balaban J connectivity index is 1.87. The van der Waals surface area contributed by atoms with Crippen LogP contribution in [0.4, 0.5) is 4.39 Å². The van der Waals surface area contributed by atoms with Crippen LogP contribution in [0.3, 0.4) is 0 Å². The highest BCUT2D eigenvalue weighted by Crippen LogP contribution is 2.44.